The fraction of sp³-hybridized carbons (Fsp3) is 0.143. The fourth-order valence-electron chi connectivity index (χ4n) is 0.923. The minimum Gasteiger partial charge on any atom is -0.296 e. The molecule has 78 valence electrons. The van der Waals surface area contributed by atoms with Gasteiger partial charge in [-0.2, -0.15) is 9.90 Å². The van der Waals surface area contributed by atoms with E-state index in [0.29, 0.717) is 5.13 Å². The lowest BCUT2D eigenvalue weighted by Gasteiger charge is -1.95. The van der Waals surface area contributed by atoms with Crippen LogP contribution in [0.3, 0.4) is 0 Å². The number of aromatic nitrogens is 4. The SMILES string of the molecule is Cn1ncc(C(=O)Nc2ncc(Br)s2)n1. The van der Waals surface area contributed by atoms with Gasteiger partial charge in [0.15, 0.2) is 10.8 Å². The second-order valence-electron chi connectivity index (χ2n) is 2.64. The molecule has 0 bridgehead atoms. The highest BCUT2D eigenvalue weighted by Gasteiger charge is 2.11. The molecular weight excluding hydrogens is 282 g/mol. The van der Waals surface area contributed by atoms with Crippen molar-refractivity contribution in [3.8, 4) is 0 Å². The van der Waals surface area contributed by atoms with Crippen LogP contribution in [-0.4, -0.2) is 25.9 Å². The summed E-state index contributed by atoms with van der Waals surface area (Å²) in [7, 11) is 1.65. The molecule has 0 aliphatic heterocycles. The Morgan fingerprint density at radius 2 is 2.40 bits per heavy atom. The first kappa shape index (κ1) is 10.2. The Kier molecular flexibility index (Phi) is 2.78. The Morgan fingerprint density at radius 3 is 2.93 bits per heavy atom. The third-order valence-electron chi connectivity index (χ3n) is 1.53. The van der Waals surface area contributed by atoms with Gasteiger partial charge in [0.25, 0.3) is 5.91 Å². The molecule has 0 aliphatic carbocycles. The quantitative estimate of drug-likeness (QED) is 0.903. The zero-order valence-corrected chi connectivity index (χ0v) is 10.0. The average Bonchev–Trinajstić information content (AvgIpc) is 2.75. The van der Waals surface area contributed by atoms with Crippen molar-refractivity contribution in [1.29, 1.82) is 0 Å². The number of nitrogens with one attached hydrogen (secondary N) is 1. The van der Waals surface area contributed by atoms with E-state index in [2.05, 4.69) is 36.4 Å². The highest BCUT2D eigenvalue weighted by Crippen LogP contribution is 2.23. The topological polar surface area (TPSA) is 72.7 Å². The molecule has 0 aromatic carbocycles. The fourth-order valence-corrected chi connectivity index (χ4v) is 2.02. The van der Waals surface area contributed by atoms with Crippen LogP contribution < -0.4 is 5.32 Å². The van der Waals surface area contributed by atoms with Crippen molar-refractivity contribution >= 4 is 38.3 Å². The van der Waals surface area contributed by atoms with Crippen LogP contribution >= 0.6 is 27.3 Å². The Bertz CT molecular complexity index is 493. The predicted molar refractivity (Wildman–Crippen MR) is 58.8 cm³/mol. The minimum absolute atomic E-state index is 0.267. The molecule has 0 saturated carbocycles. The first-order chi connectivity index (χ1) is 7.15. The summed E-state index contributed by atoms with van der Waals surface area (Å²) in [5.41, 5.74) is 0.267. The molecule has 8 heteroatoms. The number of hydrogen-bond acceptors (Lipinski definition) is 5. The van der Waals surface area contributed by atoms with Gasteiger partial charge < -0.3 is 0 Å². The van der Waals surface area contributed by atoms with E-state index in [0.717, 1.165) is 3.79 Å². The second-order valence-corrected chi connectivity index (χ2v) is 5.05. The Labute approximate surface area is 97.5 Å². The molecule has 6 nitrogen and oxygen atoms in total. The Morgan fingerprint density at radius 1 is 1.60 bits per heavy atom. The van der Waals surface area contributed by atoms with E-state index in [-0.39, 0.29) is 11.6 Å². The van der Waals surface area contributed by atoms with E-state index >= 15 is 0 Å². The van der Waals surface area contributed by atoms with Crippen LogP contribution in [0.4, 0.5) is 5.13 Å². The molecule has 2 heterocycles. The van der Waals surface area contributed by atoms with Crippen LogP contribution in [0.2, 0.25) is 0 Å². The zero-order valence-electron chi connectivity index (χ0n) is 7.64. The van der Waals surface area contributed by atoms with Gasteiger partial charge in [0.05, 0.1) is 16.2 Å². The lowest BCUT2D eigenvalue weighted by atomic mass is 10.4. The van der Waals surface area contributed by atoms with Crippen molar-refractivity contribution in [2.24, 2.45) is 7.05 Å². The van der Waals surface area contributed by atoms with Crippen molar-refractivity contribution in [1.82, 2.24) is 20.0 Å². The Hall–Kier alpha value is -1.28. The zero-order chi connectivity index (χ0) is 10.8. The number of carbonyl (C=O) groups excluding carboxylic acids is 1. The third kappa shape index (κ3) is 2.39. The molecule has 2 aromatic rings. The van der Waals surface area contributed by atoms with Gasteiger partial charge in [-0.25, -0.2) is 4.98 Å². The number of anilines is 1. The van der Waals surface area contributed by atoms with Gasteiger partial charge in [0.2, 0.25) is 0 Å². The van der Waals surface area contributed by atoms with E-state index in [4.69, 9.17) is 0 Å². The van der Waals surface area contributed by atoms with Gasteiger partial charge in [0, 0.05) is 7.05 Å². The molecule has 0 spiro atoms. The average molecular weight is 288 g/mol. The van der Waals surface area contributed by atoms with Crippen molar-refractivity contribution in [2.45, 2.75) is 0 Å². The molecule has 1 N–H and O–H groups in total. The van der Waals surface area contributed by atoms with E-state index in [1.165, 1.54) is 22.3 Å². The number of thiazole rings is 1. The molecule has 0 aliphatic rings. The molecule has 0 fully saturated rings. The van der Waals surface area contributed by atoms with Crippen LogP contribution in [-0.2, 0) is 7.05 Å². The number of hydrogen-bond donors (Lipinski definition) is 1. The van der Waals surface area contributed by atoms with Crippen LogP contribution in [0.15, 0.2) is 16.2 Å². The van der Waals surface area contributed by atoms with Crippen LogP contribution in [0.25, 0.3) is 0 Å². The first-order valence-corrected chi connectivity index (χ1v) is 5.55. The highest BCUT2D eigenvalue weighted by molar-refractivity contribution is 9.11. The predicted octanol–water partition coefficient (Wildman–Crippen LogP) is 1.29. The lowest BCUT2D eigenvalue weighted by molar-refractivity contribution is 0.102. The standard InChI is InChI=1S/C7H6BrN5OS/c1-13-10-2-4(12-13)6(14)11-7-9-3-5(8)15-7/h2-3H,1H3,(H,9,11,14). The highest BCUT2D eigenvalue weighted by atomic mass is 79.9. The first-order valence-electron chi connectivity index (χ1n) is 3.94. The molecule has 0 unspecified atom stereocenters. The van der Waals surface area contributed by atoms with Crippen LogP contribution in [0.5, 0.6) is 0 Å². The summed E-state index contributed by atoms with van der Waals surface area (Å²) >= 11 is 4.59. The van der Waals surface area contributed by atoms with Crippen molar-refractivity contribution in [2.75, 3.05) is 5.32 Å². The summed E-state index contributed by atoms with van der Waals surface area (Å²) in [5.74, 6) is -0.315. The summed E-state index contributed by atoms with van der Waals surface area (Å²) in [4.78, 5) is 16.9. The minimum atomic E-state index is -0.315. The van der Waals surface area contributed by atoms with Crippen molar-refractivity contribution < 1.29 is 4.79 Å². The van der Waals surface area contributed by atoms with Crippen molar-refractivity contribution in [3.63, 3.8) is 0 Å². The van der Waals surface area contributed by atoms with Gasteiger partial charge in [-0.1, -0.05) is 11.3 Å². The van der Waals surface area contributed by atoms with Crippen molar-refractivity contribution in [3.05, 3.63) is 21.9 Å². The summed E-state index contributed by atoms with van der Waals surface area (Å²) in [5, 5.41) is 10.8. The number of halogens is 1. The molecular formula is C7H6BrN5OS. The number of nitrogens with zero attached hydrogens (tertiary/aromatic N) is 4. The lowest BCUT2D eigenvalue weighted by Crippen LogP contribution is -2.12. The maximum atomic E-state index is 11.6. The molecule has 2 aromatic heterocycles. The second kappa shape index (κ2) is 4.07. The molecule has 2 rings (SSSR count). The molecule has 15 heavy (non-hydrogen) atoms. The van der Waals surface area contributed by atoms with E-state index in [9.17, 15) is 4.79 Å². The summed E-state index contributed by atoms with van der Waals surface area (Å²) < 4.78 is 0.858. The third-order valence-corrected chi connectivity index (χ3v) is 2.92. The molecule has 1 amide bonds. The molecule has 0 atom stereocenters. The van der Waals surface area contributed by atoms with E-state index in [1.807, 2.05) is 0 Å². The number of aryl methyl sites for hydroxylation is 1. The largest absolute Gasteiger partial charge is 0.296 e. The summed E-state index contributed by atoms with van der Waals surface area (Å²) in [6, 6.07) is 0. The summed E-state index contributed by atoms with van der Waals surface area (Å²) in [6.45, 7) is 0. The van der Waals surface area contributed by atoms with Gasteiger partial charge in [-0.3, -0.25) is 10.1 Å². The molecule has 0 saturated heterocycles. The number of rotatable bonds is 2. The maximum absolute atomic E-state index is 11.6. The normalized spacial score (nSPS) is 10.3. The van der Waals surface area contributed by atoms with Crippen LogP contribution in [0.1, 0.15) is 10.5 Å². The van der Waals surface area contributed by atoms with Gasteiger partial charge in [0.1, 0.15) is 0 Å². The van der Waals surface area contributed by atoms with Gasteiger partial charge >= 0.3 is 0 Å². The van der Waals surface area contributed by atoms with Crippen LogP contribution in [0, 0.1) is 0 Å². The van der Waals surface area contributed by atoms with Gasteiger partial charge in [-0.05, 0) is 15.9 Å². The van der Waals surface area contributed by atoms with E-state index < -0.39 is 0 Å². The smallest absolute Gasteiger partial charge is 0.279 e. The van der Waals surface area contributed by atoms with E-state index in [1.54, 1.807) is 13.2 Å². The molecule has 0 radical (unpaired) electrons. The number of amides is 1. The number of carbonyl (C=O) groups is 1. The maximum Gasteiger partial charge on any atom is 0.279 e. The van der Waals surface area contributed by atoms with Gasteiger partial charge in [-0.15, -0.1) is 5.10 Å². The monoisotopic (exact) mass is 287 g/mol. The Balaban J connectivity index is 2.10. The summed E-state index contributed by atoms with van der Waals surface area (Å²) in [6.07, 6.45) is 3.02.